The summed E-state index contributed by atoms with van der Waals surface area (Å²) >= 11 is 0. The van der Waals surface area contributed by atoms with Crippen LogP contribution in [0.5, 0.6) is 0 Å². The molecule has 1 atom stereocenters. The number of rotatable bonds is 6. The molecule has 1 aromatic rings. The minimum atomic E-state index is 0.0941. The van der Waals surface area contributed by atoms with Gasteiger partial charge in [0, 0.05) is 25.3 Å². The van der Waals surface area contributed by atoms with Crippen molar-refractivity contribution < 1.29 is 4.79 Å². The number of amides is 1. The minimum absolute atomic E-state index is 0.0941. The van der Waals surface area contributed by atoms with Crippen LogP contribution in [0.4, 0.5) is 5.69 Å². The number of hydrogen-bond acceptors (Lipinski definition) is 2. The summed E-state index contributed by atoms with van der Waals surface area (Å²) in [5.74, 6) is 0.0941. The second-order valence-corrected chi connectivity index (χ2v) is 5.15. The summed E-state index contributed by atoms with van der Waals surface area (Å²) in [4.78, 5) is 14.4. The van der Waals surface area contributed by atoms with Crippen LogP contribution in [-0.2, 0) is 0 Å². The van der Waals surface area contributed by atoms with Gasteiger partial charge in [-0.2, -0.15) is 0 Å². The third-order valence-electron chi connectivity index (χ3n) is 3.54. The highest BCUT2D eigenvalue weighted by molar-refractivity contribution is 5.99. The van der Waals surface area contributed by atoms with Crippen molar-refractivity contribution in [1.29, 1.82) is 0 Å². The first-order valence-electron chi connectivity index (χ1n) is 7.12. The molecule has 1 amide bonds. The van der Waals surface area contributed by atoms with Crippen molar-refractivity contribution >= 4 is 11.6 Å². The van der Waals surface area contributed by atoms with Crippen molar-refractivity contribution in [2.24, 2.45) is 0 Å². The summed E-state index contributed by atoms with van der Waals surface area (Å²) in [5.41, 5.74) is 2.83. The molecule has 0 saturated heterocycles. The second kappa shape index (κ2) is 7.17. The van der Waals surface area contributed by atoms with Crippen LogP contribution in [0.25, 0.3) is 0 Å². The van der Waals surface area contributed by atoms with Crippen LogP contribution >= 0.6 is 0 Å². The fourth-order valence-electron chi connectivity index (χ4n) is 1.91. The molecule has 0 spiro atoms. The van der Waals surface area contributed by atoms with Crippen LogP contribution in [0.3, 0.4) is 0 Å². The van der Waals surface area contributed by atoms with Crippen molar-refractivity contribution in [3.8, 4) is 0 Å². The number of nitrogens with one attached hydrogen (secondary N) is 1. The van der Waals surface area contributed by atoms with Gasteiger partial charge in [0.2, 0.25) is 0 Å². The zero-order valence-electron chi connectivity index (χ0n) is 12.8. The highest BCUT2D eigenvalue weighted by Gasteiger charge is 2.19. The first kappa shape index (κ1) is 15.5. The van der Waals surface area contributed by atoms with E-state index < -0.39 is 0 Å². The van der Waals surface area contributed by atoms with Crippen LogP contribution in [0.15, 0.2) is 18.2 Å². The Labute approximate surface area is 117 Å². The number of anilines is 1. The van der Waals surface area contributed by atoms with E-state index in [0.717, 1.165) is 36.2 Å². The largest absolute Gasteiger partial charge is 0.384 e. The molecule has 1 unspecified atom stereocenters. The molecule has 0 aromatic heterocycles. The van der Waals surface area contributed by atoms with Crippen LogP contribution in [0.1, 0.15) is 49.5 Å². The maximum Gasteiger partial charge on any atom is 0.255 e. The van der Waals surface area contributed by atoms with E-state index in [1.165, 1.54) is 0 Å². The highest BCUT2D eigenvalue weighted by atomic mass is 16.2. The third-order valence-corrected chi connectivity index (χ3v) is 3.54. The average Bonchev–Trinajstić information content (AvgIpc) is 2.43. The maximum atomic E-state index is 12.6. The van der Waals surface area contributed by atoms with Crippen molar-refractivity contribution in [3.63, 3.8) is 0 Å². The van der Waals surface area contributed by atoms with Crippen LogP contribution in [0, 0.1) is 6.92 Å². The summed E-state index contributed by atoms with van der Waals surface area (Å²) in [6.07, 6.45) is 2.01. The highest BCUT2D eigenvalue weighted by Crippen LogP contribution is 2.20. The molecule has 0 fully saturated rings. The lowest BCUT2D eigenvalue weighted by Gasteiger charge is -2.25. The molecule has 0 bridgehead atoms. The molecule has 19 heavy (non-hydrogen) atoms. The normalized spacial score (nSPS) is 12.1. The number of aryl methyl sites for hydroxylation is 1. The standard InChI is InChI=1S/C16H26N2O/c1-6-10-17-15-9-8-12(3)11-14(15)16(19)18(5)13(4)7-2/h8-9,11,13,17H,6-7,10H2,1-5H3. The molecular weight excluding hydrogens is 236 g/mol. The quantitative estimate of drug-likeness (QED) is 0.848. The number of nitrogens with zero attached hydrogens (tertiary/aromatic N) is 1. The zero-order valence-corrected chi connectivity index (χ0v) is 12.8. The van der Waals surface area contributed by atoms with Gasteiger partial charge in [0.05, 0.1) is 5.56 Å². The first-order valence-corrected chi connectivity index (χ1v) is 7.12. The molecule has 1 aromatic carbocycles. The molecule has 0 saturated carbocycles. The Bertz CT molecular complexity index is 429. The SMILES string of the molecule is CCCNc1ccc(C)cc1C(=O)N(C)C(C)CC. The summed E-state index contributed by atoms with van der Waals surface area (Å²) in [5, 5.41) is 3.34. The smallest absolute Gasteiger partial charge is 0.255 e. The van der Waals surface area contributed by atoms with E-state index in [-0.39, 0.29) is 11.9 Å². The molecular formula is C16H26N2O. The van der Waals surface area contributed by atoms with Gasteiger partial charge in [0.1, 0.15) is 0 Å². The Morgan fingerprint density at radius 2 is 2.05 bits per heavy atom. The van der Waals surface area contributed by atoms with Gasteiger partial charge in [-0.05, 0) is 38.8 Å². The maximum absolute atomic E-state index is 12.6. The second-order valence-electron chi connectivity index (χ2n) is 5.15. The molecule has 0 radical (unpaired) electrons. The lowest BCUT2D eigenvalue weighted by molar-refractivity contribution is 0.0741. The Morgan fingerprint density at radius 3 is 2.63 bits per heavy atom. The van der Waals surface area contributed by atoms with Crippen LogP contribution in [0.2, 0.25) is 0 Å². The van der Waals surface area contributed by atoms with Crippen molar-refractivity contribution in [1.82, 2.24) is 4.90 Å². The van der Waals surface area contributed by atoms with Crippen molar-refractivity contribution in [3.05, 3.63) is 29.3 Å². The van der Waals surface area contributed by atoms with Gasteiger partial charge in [-0.3, -0.25) is 4.79 Å². The van der Waals surface area contributed by atoms with E-state index in [4.69, 9.17) is 0 Å². The number of hydrogen-bond donors (Lipinski definition) is 1. The molecule has 106 valence electrons. The van der Waals surface area contributed by atoms with Gasteiger partial charge in [-0.15, -0.1) is 0 Å². The van der Waals surface area contributed by atoms with Gasteiger partial charge in [-0.1, -0.05) is 25.5 Å². The Kier molecular flexibility index (Phi) is 5.87. The molecule has 1 rings (SSSR count). The molecule has 3 nitrogen and oxygen atoms in total. The van der Waals surface area contributed by atoms with Gasteiger partial charge < -0.3 is 10.2 Å². The summed E-state index contributed by atoms with van der Waals surface area (Å²) in [7, 11) is 1.88. The van der Waals surface area contributed by atoms with Crippen molar-refractivity contribution in [2.45, 2.75) is 46.6 Å². The lowest BCUT2D eigenvalue weighted by Crippen LogP contribution is -2.35. The molecule has 0 aliphatic heterocycles. The van der Waals surface area contributed by atoms with Gasteiger partial charge in [0.25, 0.3) is 5.91 Å². The molecule has 0 heterocycles. The van der Waals surface area contributed by atoms with Crippen LogP contribution in [-0.4, -0.2) is 30.4 Å². The van der Waals surface area contributed by atoms with E-state index in [1.54, 1.807) is 0 Å². The number of carbonyl (C=O) groups excluding carboxylic acids is 1. The van der Waals surface area contributed by atoms with Gasteiger partial charge in [-0.25, -0.2) is 0 Å². The molecule has 0 aliphatic carbocycles. The summed E-state index contributed by atoms with van der Waals surface area (Å²) in [6.45, 7) is 9.20. The Hall–Kier alpha value is -1.51. The Balaban J connectivity index is 3.02. The third kappa shape index (κ3) is 3.98. The van der Waals surface area contributed by atoms with Crippen molar-refractivity contribution in [2.75, 3.05) is 18.9 Å². The first-order chi connectivity index (χ1) is 9.01. The summed E-state index contributed by atoms with van der Waals surface area (Å²) < 4.78 is 0. The molecule has 1 N–H and O–H groups in total. The molecule has 0 aliphatic rings. The lowest BCUT2D eigenvalue weighted by atomic mass is 10.1. The number of benzene rings is 1. The van der Waals surface area contributed by atoms with Crippen LogP contribution < -0.4 is 5.32 Å². The predicted molar refractivity (Wildman–Crippen MR) is 81.8 cm³/mol. The molecule has 3 heteroatoms. The monoisotopic (exact) mass is 262 g/mol. The topological polar surface area (TPSA) is 32.3 Å². The van der Waals surface area contributed by atoms with E-state index in [2.05, 4.69) is 26.1 Å². The van der Waals surface area contributed by atoms with E-state index in [1.807, 2.05) is 37.1 Å². The minimum Gasteiger partial charge on any atom is -0.384 e. The fraction of sp³-hybridized carbons (Fsp3) is 0.562. The van der Waals surface area contributed by atoms with E-state index >= 15 is 0 Å². The average molecular weight is 262 g/mol. The fourth-order valence-corrected chi connectivity index (χ4v) is 1.91. The van der Waals surface area contributed by atoms with Gasteiger partial charge >= 0.3 is 0 Å². The zero-order chi connectivity index (χ0) is 14.4. The van der Waals surface area contributed by atoms with Gasteiger partial charge in [0.15, 0.2) is 0 Å². The predicted octanol–water partition coefficient (Wildman–Crippen LogP) is 3.69. The number of carbonyl (C=O) groups is 1. The van der Waals surface area contributed by atoms with E-state index in [9.17, 15) is 4.79 Å². The van der Waals surface area contributed by atoms with E-state index in [0.29, 0.717) is 0 Å². The summed E-state index contributed by atoms with van der Waals surface area (Å²) in [6, 6.07) is 6.27. The Morgan fingerprint density at radius 1 is 1.37 bits per heavy atom.